The zero-order valence-corrected chi connectivity index (χ0v) is 20.4. The van der Waals surface area contributed by atoms with Crippen LogP contribution in [0, 0.1) is 45.3 Å². The molecule has 3 unspecified atom stereocenters. The maximum absolute atomic E-state index is 12.8. The van der Waals surface area contributed by atoms with Crippen molar-refractivity contribution in [3.63, 3.8) is 0 Å². The lowest BCUT2D eigenvalue weighted by Gasteiger charge is -2.69. The molecule has 31 heavy (non-hydrogen) atoms. The van der Waals surface area contributed by atoms with Crippen molar-refractivity contribution >= 4 is 11.8 Å². The van der Waals surface area contributed by atoms with Crippen molar-refractivity contribution in [2.75, 3.05) is 0 Å². The van der Waals surface area contributed by atoms with Gasteiger partial charge >= 0.3 is 5.97 Å². The molecule has 0 aromatic rings. The van der Waals surface area contributed by atoms with Gasteiger partial charge in [-0.05, 0) is 91.8 Å². The lowest BCUT2D eigenvalue weighted by molar-refractivity contribution is -0.207. The van der Waals surface area contributed by atoms with Crippen LogP contribution in [0.2, 0.25) is 0 Å². The average molecular weight is 431 g/mol. The van der Waals surface area contributed by atoms with Gasteiger partial charge in [0.25, 0.3) is 0 Å². The molecule has 0 radical (unpaired) electrons. The van der Waals surface area contributed by atoms with E-state index >= 15 is 0 Å². The fraction of sp³-hybridized carbons (Fsp3) is 0.926. The Kier molecular flexibility index (Phi) is 4.50. The number of carbonyl (C=O) groups excluding carboxylic acids is 2. The van der Waals surface area contributed by atoms with Gasteiger partial charge in [0.2, 0.25) is 6.10 Å². The van der Waals surface area contributed by atoms with E-state index in [9.17, 15) is 14.7 Å². The Labute approximate surface area is 187 Å². The standard InChI is InChI=1S/C27H42O4/c1-23(2)19-10-14-26(5)20(24(19,3)12-11-21(23)28)8-7-16-17(9-13-25(16,26)4)27(6,30)15-18-22(29)31-18/h16-20,30H,7-15H2,1-6H3/t16-,17+,18?,19+,20-,24+,25?,26?,27+/m1/s1. The van der Waals surface area contributed by atoms with Crippen LogP contribution in [0.1, 0.15) is 99.3 Å². The Morgan fingerprint density at radius 2 is 1.58 bits per heavy atom. The number of ether oxygens (including phenoxy) is 1. The van der Waals surface area contributed by atoms with Gasteiger partial charge in [-0.15, -0.1) is 0 Å². The SMILES string of the molecule is CC1(C)C(=O)CC[C@@]2(C)[C@H]1CCC1(C)[C@@H]2CC[C@@H]2[C@@H]([C@@](C)(O)CC3OC3=O)CCC21C. The molecule has 1 N–H and O–H groups in total. The molecule has 5 aliphatic rings. The van der Waals surface area contributed by atoms with Crippen LogP contribution in [0.5, 0.6) is 0 Å². The van der Waals surface area contributed by atoms with E-state index in [1.54, 1.807) is 0 Å². The first-order valence-corrected chi connectivity index (χ1v) is 12.7. The number of epoxide rings is 1. The monoisotopic (exact) mass is 430 g/mol. The van der Waals surface area contributed by atoms with Gasteiger partial charge in [0.05, 0.1) is 5.60 Å². The minimum Gasteiger partial charge on any atom is -0.447 e. The summed E-state index contributed by atoms with van der Waals surface area (Å²) >= 11 is 0. The molecular formula is C27H42O4. The Morgan fingerprint density at radius 3 is 2.23 bits per heavy atom. The Balaban J connectivity index is 1.45. The summed E-state index contributed by atoms with van der Waals surface area (Å²) < 4.78 is 5.05. The summed E-state index contributed by atoms with van der Waals surface area (Å²) in [6.07, 6.45) is 8.76. The van der Waals surface area contributed by atoms with Crippen LogP contribution in [0.15, 0.2) is 0 Å². The molecule has 0 aromatic carbocycles. The number of hydrogen-bond acceptors (Lipinski definition) is 4. The number of cyclic esters (lactones) is 1. The number of hydrogen-bond donors (Lipinski definition) is 1. The molecule has 0 spiro atoms. The number of fused-ring (bicyclic) bond motifs is 5. The highest BCUT2D eigenvalue weighted by Gasteiger charge is 2.69. The summed E-state index contributed by atoms with van der Waals surface area (Å²) in [6.45, 7) is 13.9. The summed E-state index contributed by atoms with van der Waals surface area (Å²) in [5, 5.41) is 11.4. The van der Waals surface area contributed by atoms with Crippen molar-refractivity contribution in [2.24, 2.45) is 45.3 Å². The molecule has 1 aliphatic heterocycles. The van der Waals surface area contributed by atoms with Gasteiger partial charge in [0.1, 0.15) is 5.78 Å². The van der Waals surface area contributed by atoms with E-state index in [1.165, 1.54) is 12.8 Å². The minimum atomic E-state index is -0.844. The normalized spacial score (nSPS) is 52.4. The summed E-state index contributed by atoms with van der Waals surface area (Å²) in [7, 11) is 0. The van der Waals surface area contributed by atoms with Crippen molar-refractivity contribution in [3.05, 3.63) is 0 Å². The van der Waals surface area contributed by atoms with Gasteiger partial charge in [-0.2, -0.15) is 0 Å². The minimum absolute atomic E-state index is 0.155. The highest BCUT2D eigenvalue weighted by molar-refractivity contribution is 5.87. The van der Waals surface area contributed by atoms with E-state index in [2.05, 4.69) is 34.6 Å². The molecule has 4 aliphatic carbocycles. The topological polar surface area (TPSA) is 66.9 Å². The number of carbonyl (C=O) groups is 2. The van der Waals surface area contributed by atoms with Gasteiger partial charge in [-0.25, -0.2) is 4.79 Å². The quantitative estimate of drug-likeness (QED) is 0.616. The third-order valence-electron chi connectivity index (χ3n) is 12.0. The molecule has 4 heteroatoms. The first-order valence-electron chi connectivity index (χ1n) is 12.7. The molecular weight excluding hydrogens is 388 g/mol. The van der Waals surface area contributed by atoms with Crippen LogP contribution in [0.3, 0.4) is 0 Å². The maximum atomic E-state index is 12.8. The van der Waals surface area contributed by atoms with Gasteiger partial charge < -0.3 is 9.84 Å². The highest BCUT2D eigenvalue weighted by Crippen LogP contribution is 2.75. The summed E-state index contributed by atoms with van der Waals surface area (Å²) in [5.74, 6) is 2.17. The second-order valence-corrected chi connectivity index (χ2v) is 13.4. The molecule has 5 fully saturated rings. The molecule has 0 bridgehead atoms. The lowest BCUT2D eigenvalue weighted by atomic mass is 9.35. The maximum Gasteiger partial charge on any atom is 0.348 e. The fourth-order valence-electron chi connectivity index (χ4n) is 10.0. The largest absolute Gasteiger partial charge is 0.447 e. The van der Waals surface area contributed by atoms with E-state index in [1.807, 2.05) is 6.92 Å². The predicted octanol–water partition coefficient (Wildman–Crippen LogP) is 5.31. The van der Waals surface area contributed by atoms with E-state index in [-0.39, 0.29) is 39.7 Å². The van der Waals surface area contributed by atoms with Crippen LogP contribution < -0.4 is 0 Å². The van der Waals surface area contributed by atoms with Crippen molar-refractivity contribution in [3.8, 4) is 0 Å². The first-order chi connectivity index (χ1) is 14.3. The summed E-state index contributed by atoms with van der Waals surface area (Å²) in [4.78, 5) is 24.3. The van der Waals surface area contributed by atoms with Gasteiger partial charge in [0.15, 0.2) is 0 Å². The number of aliphatic hydroxyl groups is 1. The molecule has 9 atom stereocenters. The third kappa shape index (κ3) is 2.75. The Bertz CT molecular complexity index is 814. The summed E-state index contributed by atoms with van der Waals surface area (Å²) in [5.41, 5.74) is -0.367. The highest BCUT2D eigenvalue weighted by atomic mass is 16.6. The van der Waals surface area contributed by atoms with Crippen LogP contribution in [-0.2, 0) is 14.3 Å². The van der Waals surface area contributed by atoms with Crippen molar-refractivity contribution in [1.29, 1.82) is 0 Å². The van der Waals surface area contributed by atoms with Crippen LogP contribution >= 0.6 is 0 Å². The van der Waals surface area contributed by atoms with E-state index in [4.69, 9.17) is 4.74 Å². The van der Waals surface area contributed by atoms with Gasteiger partial charge in [-0.1, -0.05) is 34.6 Å². The molecule has 4 saturated carbocycles. The van der Waals surface area contributed by atoms with Crippen molar-refractivity contribution < 1.29 is 19.4 Å². The lowest BCUT2D eigenvalue weighted by Crippen LogP contribution is -2.63. The van der Waals surface area contributed by atoms with Crippen molar-refractivity contribution in [2.45, 2.75) is 111 Å². The molecule has 4 nitrogen and oxygen atoms in total. The predicted molar refractivity (Wildman–Crippen MR) is 119 cm³/mol. The Morgan fingerprint density at radius 1 is 0.935 bits per heavy atom. The second-order valence-electron chi connectivity index (χ2n) is 13.4. The van der Waals surface area contributed by atoms with Crippen LogP contribution in [-0.4, -0.2) is 28.6 Å². The Hall–Kier alpha value is -0.900. The zero-order valence-electron chi connectivity index (χ0n) is 20.4. The van der Waals surface area contributed by atoms with E-state index < -0.39 is 5.60 Å². The molecule has 5 rings (SSSR count). The summed E-state index contributed by atoms with van der Waals surface area (Å²) in [6, 6.07) is 0. The number of rotatable bonds is 3. The third-order valence-corrected chi connectivity index (χ3v) is 12.0. The second kappa shape index (κ2) is 6.36. The first kappa shape index (κ1) is 21.9. The van der Waals surface area contributed by atoms with E-state index in [0.717, 1.165) is 38.5 Å². The average Bonchev–Trinajstić information content (AvgIpc) is 3.20. The van der Waals surface area contributed by atoms with E-state index in [0.29, 0.717) is 30.0 Å². The number of Topliss-reactive ketones (excluding diaryl/α,β-unsaturated/α-hetero) is 1. The molecule has 1 saturated heterocycles. The molecule has 0 amide bonds. The molecule has 174 valence electrons. The van der Waals surface area contributed by atoms with Crippen LogP contribution in [0.25, 0.3) is 0 Å². The van der Waals surface area contributed by atoms with Crippen LogP contribution in [0.4, 0.5) is 0 Å². The fourth-order valence-corrected chi connectivity index (χ4v) is 10.0. The molecule has 0 aromatic heterocycles. The van der Waals surface area contributed by atoms with Gasteiger partial charge in [-0.3, -0.25) is 4.79 Å². The zero-order chi connectivity index (χ0) is 22.6. The van der Waals surface area contributed by atoms with Crippen molar-refractivity contribution in [1.82, 2.24) is 0 Å². The molecule has 1 heterocycles. The van der Waals surface area contributed by atoms with Gasteiger partial charge in [0, 0.05) is 18.3 Å². The smallest absolute Gasteiger partial charge is 0.348 e. The number of ketones is 1.